The highest BCUT2D eigenvalue weighted by atomic mass is 35.5. The molecule has 0 heterocycles. The van der Waals surface area contributed by atoms with Crippen molar-refractivity contribution in [1.82, 2.24) is 0 Å². The van der Waals surface area contributed by atoms with Gasteiger partial charge in [-0.15, -0.1) is 11.6 Å². The number of benzene rings is 2. The van der Waals surface area contributed by atoms with Gasteiger partial charge < -0.3 is 10.1 Å². The molecule has 0 atom stereocenters. The zero-order valence-electron chi connectivity index (χ0n) is 12.6. The van der Waals surface area contributed by atoms with E-state index >= 15 is 0 Å². The number of halogens is 4. The lowest BCUT2D eigenvalue weighted by molar-refractivity contribution is -0.137. The minimum Gasteiger partial charge on any atom is -0.372 e. The van der Waals surface area contributed by atoms with E-state index in [1.165, 1.54) is 6.07 Å². The van der Waals surface area contributed by atoms with Crippen molar-refractivity contribution in [2.24, 2.45) is 0 Å². The lowest BCUT2D eigenvalue weighted by atomic mass is 10.1. The van der Waals surface area contributed by atoms with Crippen molar-refractivity contribution in [2.45, 2.75) is 19.4 Å². The molecule has 0 aliphatic heterocycles. The smallest absolute Gasteiger partial charge is 0.372 e. The first-order valence-corrected chi connectivity index (χ1v) is 7.61. The number of anilines is 1. The van der Waals surface area contributed by atoms with Crippen molar-refractivity contribution in [1.29, 1.82) is 0 Å². The van der Waals surface area contributed by atoms with Gasteiger partial charge in [0, 0.05) is 11.3 Å². The molecule has 0 saturated heterocycles. The van der Waals surface area contributed by atoms with E-state index in [0.29, 0.717) is 12.2 Å². The summed E-state index contributed by atoms with van der Waals surface area (Å²) in [5.41, 5.74) is 0.580. The third kappa shape index (κ3) is 5.25. The molecule has 0 bridgehead atoms. The summed E-state index contributed by atoms with van der Waals surface area (Å²) < 4.78 is 44.0. The summed E-state index contributed by atoms with van der Waals surface area (Å²) in [6.45, 7) is 0.371. The van der Waals surface area contributed by atoms with Crippen molar-refractivity contribution in [2.75, 3.05) is 11.2 Å². The summed E-state index contributed by atoms with van der Waals surface area (Å²) in [7, 11) is 0. The number of alkyl halides is 4. The number of ether oxygens (including phenoxy) is 1. The number of carbonyl (C=O) groups is 1. The number of hydrogen-bond acceptors (Lipinski definition) is 2. The van der Waals surface area contributed by atoms with E-state index in [0.717, 1.165) is 17.7 Å². The number of rotatable bonds is 6. The van der Waals surface area contributed by atoms with Crippen LogP contribution in [0.2, 0.25) is 0 Å². The zero-order chi connectivity index (χ0) is 17.6. The van der Waals surface area contributed by atoms with Crippen LogP contribution in [0.4, 0.5) is 18.9 Å². The van der Waals surface area contributed by atoms with Crippen LogP contribution in [0.5, 0.6) is 0 Å². The number of carbonyl (C=O) groups excluding carboxylic acids is 1. The van der Waals surface area contributed by atoms with Gasteiger partial charge in [-0.2, -0.15) is 13.2 Å². The Hall–Kier alpha value is -2.05. The molecule has 0 aromatic heterocycles. The standard InChI is InChI=1S/C17H15ClF3NO2/c18-9-16(23)22-15-8-14(17(19,20)21)7-6-13(15)11-24-10-12-4-2-1-3-5-12/h1-8H,9-11H2,(H,22,23). The second kappa shape index (κ2) is 8.17. The Labute approximate surface area is 142 Å². The van der Waals surface area contributed by atoms with Gasteiger partial charge in [0.2, 0.25) is 5.91 Å². The average molecular weight is 358 g/mol. The minimum atomic E-state index is -4.50. The molecule has 128 valence electrons. The molecule has 2 aromatic carbocycles. The van der Waals surface area contributed by atoms with Gasteiger partial charge in [0.25, 0.3) is 0 Å². The monoisotopic (exact) mass is 357 g/mol. The van der Waals surface area contributed by atoms with E-state index in [2.05, 4.69) is 5.32 Å². The Morgan fingerprint density at radius 3 is 2.42 bits per heavy atom. The highest BCUT2D eigenvalue weighted by Gasteiger charge is 2.31. The first-order valence-electron chi connectivity index (χ1n) is 7.08. The molecule has 0 aliphatic carbocycles. The second-order valence-corrected chi connectivity index (χ2v) is 5.30. The normalized spacial score (nSPS) is 11.3. The maximum Gasteiger partial charge on any atom is 0.416 e. The van der Waals surface area contributed by atoms with Crippen LogP contribution in [0, 0.1) is 0 Å². The van der Waals surface area contributed by atoms with Crippen molar-refractivity contribution in [3.8, 4) is 0 Å². The Balaban J connectivity index is 2.13. The average Bonchev–Trinajstić information content (AvgIpc) is 2.56. The predicted octanol–water partition coefficient (Wildman–Crippen LogP) is 4.60. The molecule has 0 spiro atoms. The maximum absolute atomic E-state index is 12.8. The quantitative estimate of drug-likeness (QED) is 0.767. The molecular weight excluding hydrogens is 343 g/mol. The number of amides is 1. The Morgan fingerprint density at radius 1 is 1.08 bits per heavy atom. The first kappa shape index (κ1) is 18.3. The van der Waals surface area contributed by atoms with E-state index in [9.17, 15) is 18.0 Å². The zero-order valence-corrected chi connectivity index (χ0v) is 13.3. The molecule has 0 radical (unpaired) electrons. The van der Waals surface area contributed by atoms with Gasteiger partial charge in [-0.3, -0.25) is 4.79 Å². The lowest BCUT2D eigenvalue weighted by Gasteiger charge is -2.14. The Morgan fingerprint density at radius 2 is 1.79 bits per heavy atom. The van der Waals surface area contributed by atoms with Crippen LogP contribution in [0.25, 0.3) is 0 Å². The maximum atomic E-state index is 12.8. The van der Waals surface area contributed by atoms with E-state index in [1.54, 1.807) is 0 Å². The molecule has 2 aromatic rings. The Kier molecular flexibility index (Phi) is 6.23. The van der Waals surface area contributed by atoms with Crippen LogP contribution in [0.3, 0.4) is 0 Å². The molecule has 3 nitrogen and oxygen atoms in total. The first-order chi connectivity index (χ1) is 11.4. The number of hydrogen-bond donors (Lipinski definition) is 1. The summed E-state index contributed by atoms with van der Waals surface area (Å²) in [5.74, 6) is -0.930. The van der Waals surface area contributed by atoms with E-state index < -0.39 is 17.6 Å². The van der Waals surface area contributed by atoms with Crippen LogP contribution in [0.15, 0.2) is 48.5 Å². The van der Waals surface area contributed by atoms with Crippen molar-refractivity contribution >= 4 is 23.2 Å². The molecule has 0 unspecified atom stereocenters. The summed E-state index contributed by atoms with van der Waals surface area (Å²) in [5, 5.41) is 2.37. The van der Waals surface area contributed by atoms with Gasteiger partial charge in [0.15, 0.2) is 0 Å². The summed E-state index contributed by atoms with van der Waals surface area (Å²) in [6.07, 6.45) is -4.50. The summed E-state index contributed by atoms with van der Waals surface area (Å²) >= 11 is 5.40. The largest absolute Gasteiger partial charge is 0.416 e. The molecule has 1 N–H and O–H groups in total. The third-order valence-corrected chi connectivity index (χ3v) is 3.44. The van der Waals surface area contributed by atoms with Gasteiger partial charge in [-0.25, -0.2) is 0 Å². The SMILES string of the molecule is O=C(CCl)Nc1cc(C(F)(F)F)ccc1COCc1ccccc1. The topological polar surface area (TPSA) is 38.3 Å². The van der Waals surface area contributed by atoms with Crippen LogP contribution in [-0.4, -0.2) is 11.8 Å². The van der Waals surface area contributed by atoms with Gasteiger partial charge in [-0.1, -0.05) is 36.4 Å². The highest BCUT2D eigenvalue weighted by molar-refractivity contribution is 6.29. The van der Waals surface area contributed by atoms with Crippen molar-refractivity contribution < 1.29 is 22.7 Å². The molecule has 2 rings (SSSR count). The van der Waals surface area contributed by atoms with E-state index in [-0.39, 0.29) is 18.2 Å². The number of nitrogens with one attached hydrogen (secondary N) is 1. The fraction of sp³-hybridized carbons (Fsp3) is 0.235. The van der Waals surface area contributed by atoms with Crippen molar-refractivity contribution in [3.63, 3.8) is 0 Å². The van der Waals surface area contributed by atoms with Gasteiger partial charge in [0.05, 0.1) is 18.8 Å². The fourth-order valence-corrected chi connectivity index (χ4v) is 2.10. The fourth-order valence-electron chi connectivity index (χ4n) is 2.03. The second-order valence-electron chi connectivity index (χ2n) is 5.03. The lowest BCUT2D eigenvalue weighted by Crippen LogP contribution is -2.16. The van der Waals surface area contributed by atoms with Crippen LogP contribution in [-0.2, 0) is 28.9 Å². The van der Waals surface area contributed by atoms with E-state index in [4.69, 9.17) is 16.3 Å². The Bertz CT molecular complexity index is 690. The summed E-state index contributed by atoms with van der Waals surface area (Å²) in [6, 6.07) is 12.5. The molecule has 0 aliphatic rings. The van der Waals surface area contributed by atoms with Gasteiger partial charge >= 0.3 is 6.18 Å². The van der Waals surface area contributed by atoms with Crippen molar-refractivity contribution in [3.05, 3.63) is 65.2 Å². The third-order valence-electron chi connectivity index (χ3n) is 3.20. The molecule has 24 heavy (non-hydrogen) atoms. The molecule has 1 amide bonds. The summed E-state index contributed by atoms with van der Waals surface area (Å²) in [4.78, 5) is 11.4. The van der Waals surface area contributed by atoms with Gasteiger partial charge in [0.1, 0.15) is 5.88 Å². The van der Waals surface area contributed by atoms with Crippen LogP contribution >= 0.6 is 11.6 Å². The molecular formula is C17H15ClF3NO2. The predicted molar refractivity (Wildman–Crippen MR) is 85.7 cm³/mol. The minimum absolute atomic E-state index is 0.0449. The van der Waals surface area contributed by atoms with Gasteiger partial charge in [-0.05, 0) is 17.7 Å². The highest BCUT2D eigenvalue weighted by Crippen LogP contribution is 2.32. The van der Waals surface area contributed by atoms with Crippen LogP contribution in [0.1, 0.15) is 16.7 Å². The molecule has 7 heteroatoms. The van der Waals surface area contributed by atoms with Crippen LogP contribution < -0.4 is 5.32 Å². The van der Waals surface area contributed by atoms with E-state index in [1.807, 2.05) is 30.3 Å². The molecule has 0 fully saturated rings. The molecule has 0 saturated carbocycles.